The van der Waals surface area contributed by atoms with Crippen molar-refractivity contribution in [2.24, 2.45) is 24.8 Å². The summed E-state index contributed by atoms with van der Waals surface area (Å²) in [5, 5.41) is 7.80. The first-order chi connectivity index (χ1) is 13.5. The summed E-state index contributed by atoms with van der Waals surface area (Å²) >= 11 is 5.91. The largest absolute Gasteiger partial charge is 0.456 e. The Labute approximate surface area is 169 Å². The molecule has 0 spiro atoms. The van der Waals surface area contributed by atoms with Gasteiger partial charge in [0, 0.05) is 30.1 Å². The van der Waals surface area contributed by atoms with Crippen LogP contribution in [0.4, 0.5) is 5.82 Å². The molecular formula is C21H24ClN3O3. The van der Waals surface area contributed by atoms with Gasteiger partial charge < -0.3 is 10.1 Å². The molecule has 2 aliphatic rings. The van der Waals surface area contributed by atoms with Gasteiger partial charge in [0.05, 0.1) is 5.69 Å². The molecule has 6 nitrogen and oxygen atoms in total. The summed E-state index contributed by atoms with van der Waals surface area (Å²) in [6.07, 6.45) is 5.37. The number of nitrogens with zero attached hydrogens (tertiary/aromatic N) is 2. The van der Waals surface area contributed by atoms with Crippen LogP contribution in [0.3, 0.4) is 0 Å². The first-order valence-corrected chi connectivity index (χ1v) is 10.1. The highest BCUT2D eigenvalue weighted by Crippen LogP contribution is 2.49. The monoisotopic (exact) mass is 401 g/mol. The zero-order valence-electron chi connectivity index (χ0n) is 15.9. The van der Waals surface area contributed by atoms with Gasteiger partial charge in [-0.1, -0.05) is 30.2 Å². The van der Waals surface area contributed by atoms with Crippen molar-refractivity contribution in [2.75, 3.05) is 11.9 Å². The first-order valence-electron chi connectivity index (χ1n) is 9.73. The predicted molar refractivity (Wildman–Crippen MR) is 107 cm³/mol. The van der Waals surface area contributed by atoms with Gasteiger partial charge in [-0.15, -0.1) is 0 Å². The number of carbonyl (C=O) groups excluding carboxylic acids is 2. The Kier molecular flexibility index (Phi) is 5.40. The maximum absolute atomic E-state index is 12.2. The predicted octanol–water partition coefficient (Wildman–Crippen LogP) is 4.05. The fourth-order valence-electron chi connectivity index (χ4n) is 4.57. The van der Waals surface area contributed by atoms with E-state index in [1.54, 1.807) is 29.9 Å². The van der Waals surface area contributed by atoms with E-state index in [4.69, 9.17) is 16.3 Å². The van der Waals surface area contributed by atoms with E-state index < -0.39 is 0 Å². The number of anilines is 1. The third-order valence-corrected chi connectivity index (χ3v) is 6.22. The molecule has 1 aromatic heterocycles. The van der Waals surface area contributed by atoms with Crippen molar-refractivity contribution in [3.8, 4) is 11.3 Å². The van der Waals surface area contributed by atoms with Gasteiger partial charge in [0.2, 0.25) is 0 Å². The van der Waals surface area contributed by atoms with Crippen molar-refractivity contribution < 1.29 is 14.3 Å². The fourth-order valence-corrected chi connectivity index (χ4v) is 4.70. The minimum Gasteiger partial charge on any atom is -0.456 e. The lowest BCUT2D eigenvalue weighted by Gasteiger charge is -2.20. The van der Waals surface area contributed by atoms with E-state index in [-0.39, 0.29) is 18.5 Å². The van der Waals surface area contributed by atoms with E-state index in [9.17, 15) is 9.59 Å². The standard InChI is InChI=1S/C21H24ClN3O3/c1-25-19(11-18(24-25)14-4-6-17(22)7-5-14)23-20(26)12-28-21(27)10-16-9-13-2-3-15(16)8-13/h4-7,11,13,15-16H,2-3,8-10,12H2,1H3,(H,23,26)/t13-,15+,16+/m0/s1. The Balaban J connectivity index is 1.28. The quantitative estimate of drug-likeness (QED) is 0.741. The maximum Gasteiger partial charge on any atom is 0.306 e. The van der Waals surface area contributed by atoms with Crippen LogP contribution in [0.5, 0.6) is 0 Å². The Morgan fingerprint density at radius 3 is 2.71 bits per heavy atom. The summed E-state index contributed by atoms with van der Waals surface area (Å²) in [6.45, 7) is -0.277. The summed E-state index contributed by atoms with van der Waals surface area (Å²) in [7, 11) is 1.75. The number of hydrogen-bond donors (Lipinski definition) is 1. The first kappa shape index (κ1) is 19.0. The second kappa shape index (κ2) is 7.95. The third kappa shape index (κ3) is 4.22. The van der Waals surface area contributed by atoms with Crippen LogP contribution in [0.1, 0.15) is 32.1 Å². The van der Waals surface area contributed by atoms with Crippen molar-refractivity contribution in [2.45, 2.75) is 32.1 Å². The van der Waals surface area contributed by atoms with Crippen LogP contribution in [0.2, 0.25) is 5.02 Å². The van der Waals surface area contributed by atoms with Crippen LogP contribution in [-0.4, -0.2) is 28.3 Å². The topological polar surface area (TPSA) is 73.2 Å². The minimum absolute atomic E-state index is 0.277. The number of esters is 1. The molecule has 3 atom stereocenters. The van der Waals surface area contributed by atoms with E-state index in [0.717, 1.165) is 23.6 Å². The number of rotatable bonds is 6. The second-order valence-electron chi connectivity index (χ2n) is 7.89. The van der Waals surface area contributed by atoms with E-state index in [0.29, 0.717) is 29.1 Å². The molecule has 2 aromatic rings. The summed E-state index contributed by atoms with van der Waals surface area (Å²) in [6, 6.07) is 9.10. The van der Waals surface area contributed by atoms with Gasteiger partial charge in [0.1, 0.15) is 5.82 Å². The number of ether oxygens (including phenoxy) is 1. The number of aryl methyl sites for hydroxylation is 1. The maximum atomic E-state index is 12.2. The van der Waals surface area contributed by atoms with Crippen molar-refractivity contribution >= 4 is 29.3 Å². The summed E-state index contributed by atoms with van der Waals surface area (Å²) in [4.78, 5) is 24.3. The molecule has 2 fully saturated rings. The lowest BCUT2D eigenvalue weighted by Crippen LogP contribution is -2.24. The Bertz CT molecular complexity index is 878. The van der Waals surface area contributed by atoms with Gasteiger partial charge in [-0.2, -0.15) is 5.10 Å². The molecule has 0 radical (unpaired) electrons. The SMILES string of the molecule is Cn1nc(-c2ccc(Cl)cc2)cc1NC(=O)COC(=O)C[C@H]1C[C@H]2CC[C@@H]1C2. The zero-order chi connectivity index (χ0) is 19.7. The molecule has 7 heteroatoms. The van der Waals surface area contributed by atoms with Crippen LogP contribution >= 0.6 is 11.6 Å². The second-order valence-corrected chi connectivity index (χ2v) is 8.33. The number of carbonyl (C=O) groups is 2. The van der Waals surface area contributed by atoms with Crippen molar-refractivity contribution in [3.63, 3.8) is 0 Å². The zero-order valence-corrected chi connectivity index (χ0v) is 16.6. The van der Waals surface area contributed by atoms with Crippen LogP contribution in [-0.2, 0) is 21.4 Å². The van der Waals surface area contributed by atoms with Crippen molar-refractivity contribution in [3.05, 3.63) is 35.4 Å². The molecule has 2 aliphatic carbocycles. The third-order valence-electron chi connectivity index (χ3n) is 5.96. The Morgan fingerprint density at radius 2 is 2.04 bits per heavy atom. The normalized spacial score (nSPS) is 23.0. The van der Waals surface area contributed by atoms with E-state index in [1.165, 1.54) is 19.3 Å². The van der Waals surface area contributed by atoms with Gasteiger partial charge in [0.25, 0.3) is 5.91 Å². The van der Waals surface area contributed by atoms with Crippen LogP contribution < -0.4 is 5.32 Å². The lowest BCUT2D eigenvalue weighted by atomic mass is 9.86. The molecule has 0 aliphatic heterocycles. The van der Waals surface area contributed by atoms with Gasteiger partial charge in [-0.25, -0.2) is 0 Å². The van der Waals surface area contributed by atoms with Crippen LogP contribution in [0, 0.1) is 17.8 Å². The van der Waals surface area contributed by atoms with E-state index in [2.05, 4.69) is 10.4 Å². The number of aromatic nitrogens is 2. The lowest BCUT2D eigenvalue weighted by molar-refractivity contribution is -0.148. The highest BCUT2D eigenvalue weighted by Gasteiger charge is 2.40. The van der Waals surface area contributed by atoms with Crippen molar-refractivity contribution in [1.82, 2.24) is 9.78 Å². The average Bonchev–Trinajstić information content (AvgIpc) is 3.37. The molecule has 28 heavy (non-hydrogen) atoms. The number of amides is 1. The molecule has 148 valence electrons. The molecule has 1 heterocycles. The number of fused-ring (bicyclic) bond motifs is 2. The molecule has 1 N–H and O–H groups in total. The van der Waals surface area contributed by atoms with Gasteiger partial charge in [-0.05, 0) is 49.1 Å². The molecule has 1 aromatic carbocycles. The number of halogens is 1. The Morgan fingerprint density at radius 1 is 1.25 bits per heavy atom. The van der Waals surface area contributed by atoms with E-state index >= 15 is 0 Å². The molecule has 4 rings (SSSR count). The summed E-state index contributed by atoms with van der Waals surface area (Å²) in [5.41, 5.74) is 1.63. The molecule has 2 saturated carbocycles. The molecular weight excluding hydrogens is 378 g/mol. The van der Waals surface area contributed by atoms with Gasteiger partial charge in [0.15, 0.2) is 6.61 Å². The average molecular weight is 402 g/mol. The highest BCUT2D eigenvalue weighted by molar-refractivity contribution is 6.30. The van der Waals surface area contributed by atoms with E-state index in [1.807, 2.05) is 12.1 Å². The summed E-state index contributed by atoms with van der Waals surface area (Å²) < 4.78 is 6.78. The number of benzene rings is 1. The molecule has 2 bridgehead atoms. The van der Waals surface area contributed by atoms with Gasteiger partial charge >= 0.3 is 5.97 Å². The highest BCUT2D eigenvalue weighted by atomic mass is 35.5. The molecule has 0 saturated heterocycles. The molecule has 1 amide bonds. The van der Waals surface area contributed by atoms with Crippen LogP contribution in [0.25, 0.3) is 11.3 Å². The number of hydrogen-bond acceptors (Lipinski definition) is 4. The Hall–Kier alpha value is -2.34. The smallest absolute Gasteiger partial charge is 0.306 e. The van der Waals surface area contributed by atoms with Gasteiger partial charge in [-0.3, -0.25) is 14.3 Å². The number of nitrogens with one attached hydrogen (secondary N) is 1. The minimum atomic E-state index is -0.369. The molecule has 0 unspecified atom stereocenters. The fraction of sp³-hybridized carbons (Fsp3) is 0.476. The summed E-state index contributed by atoms with van der Waals surface area (Å²) in [5.74, 6) is 1.80. The van der Waals surface area contributed by atoms with Crippen molar-refractivity contribution in [1.29, 1.82) is 0 Å². The van der Waals surface area contributed by atoms with Crippen LogP contribution in [0.15, 0.2) is 30.3 Å².